The largest absolute Gasteiger partial charge is 0.451 e. The third-order valence-electron chi connectivity index (χ3n) is 3.80. The minimum atomic E-state index is -0.0792. The molecule has 1 aliphatic heterocycles. The maximum absolute atomic E-state index is 12.4. The van der Waals surface area contributed by atoms with Crippen LogP contribution in [0.15, 0.2) is 34.7 Å². The number of furan rings is 1. The smallest absolute Gasteiger partial charge is 0.289 e. The molecule has 6 heteroatoms. The van der Waals surface area contributed by atoms with E-state index in [1.54, 1.807) is 30.3 Å². The van der Waals surface area contributed by atoms with Gasteiger partial charge in [0.15, 0.2) is 5.76 Å². The van der Waals surface area contributed by atoms with Gasteiger partial charge in [0.1, 0.15) is 5.76 Å². The van der Waals surface area contributed by atoms with Crippen LogP contribution in [0.25, 0.3) is 11.3 Å². The van der Waals surface area contributed by atoms with Gasteiger partial charge in [0.2, 0.25) is 0 Å². The van der Waals surface area contributed by atoms with Gasteiger partial charge in [-0.3, -0.25) is 4.79 Å². The molecule has 0 atom stereocenters. The molecule has 0 N–H and O–H groups in total. The van der Waals surface area contributed by atoms with Crippen molar-refractivity contribution >= 4 is 29.1 Å². The first-order valence-electron chi connectivity index (χ1n) is 7.07. The number of rotatable bonds is 2. The SMILES string of the molecule is CN1CCN(C(=O)c2ccc(-c3ccc(Cl)cc3Cl)o2)CC1. The summed E-state index contributed by atoms with van der Waals surface area (Å²) in [5, 5.41) is 1.06. The fourth-order valence-corrected chi connectivity index (χ4v) is 2.95. The standard InChI is InChI=1S/C16H16Cl2N2O2/c1-19-6-8-20(9-7-19)16(21)15-5-4-14(22-15)12-3-2-11(17)10-13(12)18/h2-5,10H,6-9H2,1H3. The van der Waals surface area contributed by atoms with Crippen molar-refractivity contribution in [2.45, 2.75) is 0 Å². The monoisotopic (exact) mass is 338 g/mol. The first kappa shape index (κ1) is 15.4. The molecule has 2 heterocycles. The van der Waals surface area contributed by atoms with E-state index in [-0.39, 0.29) is 5.91 Å². The van der Waals surface area contributed by atoms with Crippen molar-refractivity contribution in [3.8, 4) is 11.3 Å². The molecular formula is C16H16Cl2N2O2. The van der Waals surface area contributed by atoms with E-state index in [0.717, 1.165) is 18.7 Å². The Hall–Kier alpha value is -1.49. The van der Waals surface area contributed by atoms with E-state index in [1.807, 2.05) is 4.90 Å². The van der Waals surface area contributed by atoms with Gasteiger partial charge in [-0.15, -0.1) is 0 Å². The molecule has 0 aliphatic carbocycles. The fourth-order valence-electron chi connectivity index (χ4n) is 2.45. The van der Waals surface area contributed by atoms with Crippen LogP contribution in [0, 0.1) is 0 Å². The first-order valence-corrected chi connectivity index (χ1v) is 7.83. The number of carbonyl (C=O) groups is 1. The second-order valence-corrected chi connectivity index (χ2v) is 6.23. The fraction of sp³-hybridized carbons (Fsp3) is 0.312. The molecule has 0 saturated carbocycles. The molecule has 0 bridgehead atoms. The van der Waals surface area contributed by atoms with E-state index < -0.39 is 0 Å². The van der Waals surface area contributed by atoms with Gasteiger partial charge in [-0.2, -0.15) is 0 Å². The minimum absolute atomic E-state index is 0.0792. The van der Waals surface area contributed by atoms with Crippen LogP contribution in [0.2, 0.25) is 10.0 Å². The van der Waals surface area contributed by atoms with Gasteiger partial charge in [0.05, 0.1) is 5.02 Å². The molecule has 4 nitrogen and oxygen atoms in total. The molecule has 0 unspecified atom stereocenters. The van der Waals surface area contributed by atoms with E-state index in [4.69, 9.17) is 27.6 Å². The molecule has 1 saturated heterocycles. The lowest BCUT2D eigenvalue weighted by atomic mass is 10.2. The lowest BCUT2D eigenvalue weighted by Gasteiger charge is -2.31. The number of hydrogen-bond donors (Lipinski definition) is 0. The van der Waals surface area contributed by atoms with E-state index in [1.165, 1.54) is 0 Å². The van der Waals surface area contributed by atoms with Crippen molar-refractivity contribution in [1.29, 1.82) is 0 Å². The van der Waals surface area contributed by atoms with Gasteiger partial charge in [-0.1, -0.05) is 23.2 Å². The number of likely N-dealkylation sites (N-methyl/N-ethyl adjacent to an activating group) is 1. The Morgan fingerprint density at radius 1 is 1.09 bits per heavy atom. The van der Waals surface area contributed by atoms with E-state index in [9.17, 15) is 4.79 Å². The summed E-state index contributed by atoms with van der Waals surface area (Å²) in [6.45, 7) is 3.19. The van der Waals surface area contributed by atoms with E-state index in [0.29, 0.717) is 34.7 Å². The van der Waals surface area contributed by atoms with Crippen LogP contribution in [-0.2, 0) is 0 Å². The molecule has 1 aromatic carbocycles. The summed E-state index contributed by atoms with van der Waals surface area (Å²) in [4.78, 5) is 16.5. The predicted molar refractivity (Wildman–Crippen MR) is 87.6 cm³/mol. The highest BCUT2D eigenvalue weighted by Crippen LogP contribution is 2.31. The first-order chi connectivity index (χ1) is 10.5. The molecule has 1 amide bonds. The quantitative estimate of drug-likeness (QED) is 0.838. The molecule has 1 aromatic heterocycles. The number of piperazine rings is 1. The lowest BCUT2D eigenvalue weighted by Crippen LogP contribution is -2.47. The van der Waals surface area contributed by atoms with Gasteiger partial charge in [-0.25, -0.2) is 0 Å². The van der Waals surface area contributed by atoms with Gasteiger partial charge in [-0.05, 0) is 37.4 Å². The molecule has 116 valence electrons. The maximum Gasteiger partial charge on any atom is 0.289 e. The Labute approximate surface area is 139 Å². The summed E-state index contributed by atoms with van der Waals surface area (Å²) >= 11 is 12.1. The van der Waals surface area contributed by atoms with Crippen molar-refractivity contribution < 1.29 is 9.21 Å². The second kappa shape index (κ2) is 6.32. The van der Waals surface area contributed by atoms with E-state index in [2.05, 4.69) is 11.9 Å². The zero-order valence-electron chi connectivity index (χ0n) is 12.2. The number of halogens is 2. The van der Waals surface area contributed by atoms with Crippen molar-refractivity contribution in [1.82, 2.24) is 9.80 Å². The van der Waals surface area contributed by atoms with Gasteiger partial charge in [0, 0.05) is 36.8 Å². The second-order valence-electron chi connectivity index (χ2n) is 5.38. The van der Waals surface area contributed by atoms with Crippen LogP contribution in [0.3, 0.4) is 0 Å². The molecule has 0 spiro atoms. The molecule has 0 radical (unpaired) electrons. The zero-order chi connectivity index (χ0) is 15.7. The van der Waals surface area contributed by atoms with Crippen LogP contribution in [0.5, 0.6) is 0 Å². The van der Waals surface area contributed by atoms with Gasteiger partial charge in [0.25, 0.3) is 5.91 Å². The summed E-state index contributed by atoms with van der Waals surface area (Å²) in [5.74, 6) is 0.828. The Morgan fingerprint density at radius 3 is 2.50 bits per heavy atom. The van der Waals surface area contributed by atoms with Crippen molar-refractivity contribution in [3.63, 3.8) is 0 Å². The number of nitrogens with zero attached hydrogens (tertiary/aromatic N) is 2. The summed E-state index contributed by atoms with van der Waals surface area (Å²) in [6, 6.07) is 8.64. The van der Waals surface area contributed by atoms with Crippen LogP contribution < -0.4 is 0 Å². The summed E-state index contributed by atoms with van der Waals surface area (Å²) in [5.41, 5.74) is 0.725. The normalized spacial score (nSPS) is 16.0. The highest BCUT2D eigenvalue weighted by atomic mass is 35.5. The average molecular weight is 339 g/mol. The van der Waals surface area contributed by atoms with Crippen LogP contribution in [-0.4, -0.2) is 48.9 Å². The molecule has 1 aliphatic rings. The Kier molecular flexibility index (Phi) is 4.43. The molecule has 22 heavy (non-hydrogen) atoms. The Bertz CT molecular complexity index is 691. The van der Waals surface area contributed by atoms with Crippen molar-refractivity contribution in [2.75, 3.05) is 33.2 Å². The maximum atomic E-state index is 12.4. The molecule has 2 aromatic rings. The third kappa shape index (κ3) is 3.14. The van der Waals surface area contributed by atoms with E-state index >= 15 is 0 Å². The topological polar surface area (TPSA) is 36.7 Å². The van der Waals surface area contributed by atoms with Crippen LogP contribution >= 0.6 is 23.2 Å². The molecule has 3 rings (SSSR count). The van der Waals surface area contributed by atoms with Crippen LogP contribution in [0.4, 0.5) is 0 Å². The Balaban J connectivity index is 1.80. The third-order valence-corrected chi connectivity index (χ3v) is 4.35. The summed E-state index contributed by atoms with van der Waals surface area (Å²) < 4.78 is 5.70. The highest BCUT2D eigenvalue weighted by Gasteiger charge is 2.23. The predicted octanol–water partition coefficient (Wildman–Crippen LogP) is 3.64. The molecular weight excluding hydrogens is 323 g/mol. The number of benzene rings is 1. The summed E-state index contributed by atoms with van der Waals surface area (Å²) in [6.07, 6.45) is 0. The minimum Gasteiger partial charge on any atom is -0.451 e. The number of amides is 1. The number of hydrogen-bond acceptors (Lipinski definition) is 3. The number of carbonyl (C=O) groups excluding carboxylic acids is 1. The van der Waals surface area contributed by atoms with Gasteiger partial charge >= 0.3 is 0 Å². The van der Waals surface area contributed by atoms with Crippen molar-refractivity contribution in [3.05, 3.63) is 46.1 Å². The van der Waals surface area contributed by atoms with Crippen molar-refractivity contribution in [2.24, 2.45) is 0 Å². The zero-order valence-corrected chi connectivity index (χ0v) is 13.7. The van der Waals surface area contributed by atoms with Gasteiger partial charge < -0.3 is 14.2 Å². The van der Waals surface area contributed by atoms with Crippen LogP contribution in [0.1, 0.15) is 10.6 Å². The molecule has 1 fully saturated rings. The lowest BCUT2D eigenvalue weighted by molar-refractivity contribution is 0.0633. The summed E-state index contributed by atoms with van der Waals surface area (Å²) in [7, 11) is 2.05. The Morgan fingerprint density at radius 2 is 1.82 bits per heavy atom. The average Bonchev–Trinajstić information content (AvgIpc) is 2.97. The highest BCUT2D eigenvalue weighted by molar-refractivity contribution is 6.36.